The van der Waals surface area contributed by atoms with Crippen molar-refractivity contribution in [2.45, 2.75) is 16.8 Å². The number of cyclic esters (lactones) is 1. The molecule has 2 aromatic carbocycles. The van der Waals surface area contributed by atoms with Crippen molar-refractivity contribution in [2.75, 3.05) is 0 Å². The van der Waals surface area contributed by atoms with Crippen LogP contribution in [0.5, 0.6) is 0 Å². The lowest BCUT2D eigenvalue weighted by Gasteiger charge is -2.33. The lowest BCUT2D eigenvalue weighted by molar-refractivity contribution is 0.0216. The minimum absolute atomic E-state index is 0.254. The summed E-state index contributed by atoms with van der Waals surface area (Å²) in [6, 6.07) is 17.4. The Bertz CT molecular complexity index is 594. The van der Waals surface area contributed by atoms with Crippen molar-refractivity contribution in [1.29, 1.82) is 0 Å². The number of hydrogen-bond donors (Lipinski definition) is 0. The smallest absolute Gasteiger partial charge is 0.340 e. The molecular weight excluding hydrogens is 244 g/mol. The highest BCUT2D eigenvalue weighted by molar-refractivity contribution is 8.00. The Morgan fingerprint density at radius 3 is 2.44 bits per heavy atom. The molecule has 0 aromatic heterocycles. The number of rotatable bonds is 1. The number of benzene rings is 2. The van der Waals surface area contributed by atoms with Gasteiger partial charge in [-0.1, -0.05) is 54.2 Å². The predicted octanol–water partition coefficient (Wildman–Crippen LogP) is 3.82. The van der Waals surface area contributed by atoms with Gasteiger partial charge in [-0.3, -0.25) is 0 Å². The normalized spacial score (nSPS) is 22.2. The quantitative estimate of drug-likeness (QED) is 0.725. The molecule has 0 bridgehead atoms. The molecule has 2 aromatic rings. The van der Waals surface area contributed by atoms with E-state index in [2.05, 4.69) is 0 Å². The minimum atomic E-state index is -0.646. The lowest BCUT2D eigenvalue weighted by Crippen LogP contribution is -2.29. The van der Waals surface area contributed by atoms with E-state index in [0.29, 0.717) is 5.56 Å². The molecule has 0 saturated carbocycles. The number of carbonyl (C=O) groups is 1. The van der Waals surface area contributed by atoms with Gasteiger partial charge < -0.3 is 4.74 Å². The number of carbonyl (C=O) groups excluding carboxylic acids is 1. The molecule has 90 valence electrons. The average Bonchev–Trinajstić information content (AvgIpc) is 2.40. The maximum Gasteiger partial charge on any atom is 0.340 e. The monoisotopic (exact) mass is 256 g/mol. The first-order valence-electron chi connectivity index (χ1n) is 5.76. The van der Waals surface area contributed by atoms with Crippen LogP contribution in [0.15, 0.2) is 59.5 Å². The number of thioether (sulfide) groups is 1. The molecule has 1 unspecified atom stereocenters. The number of ether oxygens (including phenoxy) is 1. The van der Waals surface area contributed by atoms with Gasteiger partial charge in [0.25, 0.3) is 0 Å². The zero-order chi connectivity index (χ0) is 12.6. The summed E-state index contributed by atoms with van der Waals surface area (Å²) in [5.41, 5.74) is 1.65. The fourth-order valence-electron chi connectivity index (χ4n) is 2.05. The van der Waals surface area contributed by atoms with E-state index in [9.17, 15) is 4.79 Å². The fraction of sp³-hybridized carbons (Fsp3) is 0.133. The first-order chi connectivity index (χ1) is 8.69. The van der Waals surface area contributed by atoms with Gasteiger partial charge in [-0.2, -0.15) is 0 Å². The van der Waals surface area contributed by atoms with Gasteiger partial charge in [-0.25, -0.2) is 4.79 Å². The Balaban J connectivity index is 2.06. The predicted molar refractivity (Wildman–Crippen MR) is 71.5 cm³/mol. The molecule has 0 fully saturated rings. The zero-order valence-electron chi connectivity index (χ0n) is 9.92. The second-order valence-corrected chi connectivity index (χ2v) is 5.72. The Kier molecular flexibility index (Phi) is 2.63. The van der Waals surface area contributed by atoms with Gasteiger partial charge in [0.15, 0.2) is 4.93 Å². The molecule has 3 rings (SSSR count). The van der Waals surface area contributed by atoms with Gasteiger partial charge in [0.1, 0.15) is 0 Å². The standard InChI is InChI=1S/C15H12O2S/c1-15(11-7-3-2-4-8-11)17-14(16)12-9-5-6-10-13(12)18-15/h2-10H,1H3. The van der Waals surface area contributed by atoms with Crippen molar-refractivity contribution in [3.05, 3.63) is 65.7 Å². The summed E-state index contributed by atoms with van der Waals surface area (Å²) in [5, 5.41) is 0. The maximum absolute atomic E-state index is 12.0. The molecule has 1 aliphatic rings. The molecular formula is C15H12O2S. The van der Waals surface area contributed by atoms with Gasteiger partial charge in [0.05, 0.1) is 5.56 Å². The van der Waals surface area contributed by atoms with Gasteiger partial charge in [-0.15, -0.1) is 0 Å². The largest absolute Gasteiger partial charge is 0.440 e. The molecule has 0 aliphatic carbocycles. The molecule has 0 amide bonds. The Morgan fingerprint density at radius 1 is 1.00 bits per heavy atom. The summed E-state index contributed by atoms with van der Waals surface area (Å²) in [4.78, 5) is 12.4. The molecule has 1 heterocycles. The topological polar surface area (TPSA) is 26.3 Å². The van der Waals surface area contributed by atoms with Crippen LogP contribution in [0.3, 0.4) is 0 Å². The molecule has 0 radical (unpaired) electrons. The Hall–Kier alpha value is -1.74. The molecule has 3 heteroatoms. The van der Waals surface area contributed by atoms with Crippen molar-refractivity contribution in [2.24, 2.45) is 0 Å². The van der Waals surface area contributed by atoms with Gasteiger partial charge in [0, 0.05) is 10.5 Å². The number of hydrogen-bond acceptors (Lipinski definition) is 3. The van der Waals surface area contributed by atoms with Crippen LogP contribution in [0.2, 0.25) is 0 Å². The van der Waals surface area contributed by atoms with Crippen LogP contribution in [0.1, 0.15) is 22.8 Å². The summed E-state index contributed by atoms with van der Waals surface area (Å²) in [6.45, 7) is 1.93. The van der Waals surface area contributed by atoms with Crippen molar-refractivity contribution in [3.63, 3.8) is 0 Å². The summed E-state index contributed by atoms with van der Waals surface area (Å²) in [5.74, 6) is -0.254. The van der Waals surface area contributed by atoms with Crippen molar-refractivity contribution < 1.29 is 9.53 Å². The van der Waals surface area contributed by atoms with Crippen LogP contribution in [0, 0.1) is 0 Å². The van der Waals surface area contributed by atoms with E-state index in [0.717, 1.165) is 10.5 Å². The van der Waals surface area contributed by atoms with E-state index in [1.807, 2.05) is 55.5 Å². The molecule has 2 nitrogen and oxygen atoms in total. The van der Waals surface area contributed by atoms with Crippen molar-refractivity contribution >= 4 is 17.7 Å². The summed E-state index contributed by atoms with van der Waals surface area (Å²) in [7, 11) is 0. The molecule has 0 saturated heterocycles. The first-order valence-corrected chi connectivity index (χ1v) is 6.58. The Morgan fingerprint density at radius 2 is 1.67 bits per heavy atom. The third kappa shape index (κ3) is 1.81. The second kappa shape index (κ2) is 4.18. The number of fused-ring (bicyclic) bond motifs is 1. The molecule has 18 heavy (non-hydrogen) atoms. The second-order valence-electron chi connectivity index (χ2n) is 4.30. The number of esters is 1. The first kappa shape index (κ1) is 11.4. The van der Waals surface area contributed by atoms with E-state index < -0.39 is 4.93 Å². The van der Waals surface area contributed by atoms with E-state index >= 15 is 0 Å². The maximum atomic E-state index is 12.0. The molecule has 0 spiro atoms. The van der Waals surface area contributed by atoms with Gasteiger partial charge >= 0.3 is 5.97 Å². The molecule has 0 N–H and O–H groups in total. The zero-order valence-corrected chi connectivity index (χ0v) is 10.7. The minimum Gasteiger partial charge on any atom is -0.440 e. The van der Waals surface area contributed by atoms with Gasteiger partial charge in [0.2, 0.25) is 0 Å². The summed E-state index contributed by atoms with van der Waals surface area (Å²) in [6.07, 6.45) is 0. The van der Waals surface area contributed by atoms with Gasteiger partial charge in [-0.05, 0) is 19.1 Å². The highest BCUT2D eigenvalue weighted by atomic mass is 32.2. The lowest BCUT2D eigenvalue weighted by atomic mass is 10.1. The van der Waals surface area contributed by atoms with E-state index in [4.69, 9.17) is 4.74 Å². The SMILES string of the molecule is CC1(c2ccccc2)OC(=O)c2ccccc2S1. The van der Waals surface area contributed by atoms with Crippen molar-refractivity contribution in [1.82, 2.24) is 0 Å². The molecule has 1 atom stereocenters. The summed E-state index contributed by atoms with van der Waals surface area (Å²) >= 11 is 1.57. The van der Waals surface area contributed by atoms with Crippen LogP contribution >= 0.6 is 11.8 Å². The van der Waals surface area contributed by atoms with Crippen molar-refractivity contribution in [3.8, 4) is 0 Å². The van der Waals surface area contributed by atoms with E-state index in [1.54, 1.807) is 17.8 Å². The fourth-order valence-corrected chi connectivity index (χ4v) is 3.24. The third-order valence-corrected chi connectivity index (χ3v) is 4.28. The molecule has 1 aliphatic heterocycles. The highest BCUT2D eigenvalue weighted by Crippen LogP contribution is 2.47. The van der Waals surface area contributed by atoms with E-state index in [1.165, 1.54) is 0 Å². The van der Waals surface area contributed by atoms with Crippen LogP contribution in [-0.4, -0.2) is 5.97 Å². The van der Waals surface area contributed by atoms with E-state index in [-0.39, 0.29) is 5.97 Å². The summed E-state index contributed by atoms with van der Waals surface area (Å²) < 4.78 is 5.61. The highest BCUT2D eigenvalue weighted by Gasteiger charge is 2.38. The Labute approximate surface area is 110 Å². The van der Waals surface area contributed by atoms with Crippen LogP contribution in [0.25, 0.3) is 0 Å². The van der Waals surface area contributed by atoms with Crippen LogP contribution in [-0.2, 0) is 9.67 Å². The third-order valence-electron chi connectivity index (χ3n) is 3.00. The van der Waals surface area contributed by atoms with Crippen LogP contribution in [0.4, 0.5) is 0 Å². The average molecular weight is 256 g/mol. The van der Waals surface area contributed by atoms with Crippen LogP contribution < -0.4 is 0 Å².